The van der Waals surface area contributed by atoms with Crippen molar-refractivity contribution in [2.24, 2.45) is 0 Å². The normalized spacial score (nSPS) is 12.4. The quantitative estimate of drug-likeness (QED) is 0.471. The molecule has 6 heteroatoms. The lowest BCUT2D eigenvalue weighted by atomic mass is 9.94. The van der Waals surface area contributed by atoms with Crippen molar-refractivity contribution in [2.45, 2.75) is 32.6 Å². The van der Waals surface area contributed by atoms with Crippen LogP contribution in [0, 0.1) is 12.7 Å². The molecule has 1 unspecified atom stereocenters. The van der Waals surface area contributed by atoms with Gasteiger partial charge in [-0.3, -0.25) is 4.40 Å². The summed E-state index contributed by atoms with van der Waals surface area (Å²) < 4.78 is 15.6. The fourth-order valence-electron chi connectivity index (χ4n) is 3.88. The molecule has 4 rings (SSSR count). The molecule has 4 aromatic rings. The van der Waals surface area contributed by atoms with Gasteiger partial charge in [0.25, 0.3) is 0 Å². The minimum atomic E-state index is -0.264. The Kier molecular flexibility index (Phi) is 5.86. The summed E-state index contributed by atoms with van der Waals surface area (Å²) >= 11 is 0. The molecule has 0 spiro atoms. The number of aryl methyl sites for hydroxylation is 1. The van der Waals surface area contributed by atoms with E-state index in [1.807, 2.05) is 20.0 Å². The average Bonchev–Trinajstić information content (AvgIpc) is 3.13. The highest BCUT2D eigenvalue weighted by Crippen LogP contribution is 2.33. The lowest BCUT2D eigenvalue weighted by Gasteiger charge is -2.15. The molecular formula is C24H26FN5. The fraction of sp³-hybridized carbons (Fsp3) is 0.292. The fourth-order valence-corrected chi connectivity index (χ4v) is 3.88. The molecule has 3 heterocycles. The van der Waals surface area contributed by atoms with Gasteiger partial charge < -0.3 is 5.32 Å². The molecule has 0 fully saturated rings. The summed E-state index contributed by atoms with van der Waals surface area (Å²) in [7, 11) is 1.98. The van der Waals surface area contributed by atoms with Crippen LogP contribution in [0.15, 0.2) is 54.9 Å². The van der Waals surface area contributed by atoms with Gasteiger partial charge in [0, 0.05) is 18.0 Å². The van der Waals surface area contributed by atoms with Crippen molar-refractivity contribution >= 4 is 5.65 Å². The molecule has 0 aliphatic rings. The number of fused-ring (bicyclic) bond motifs is 1. The molecule has 3 aromatic heterocycles. The summed E-state index contributed by atoms with van der Waals surface area (Å²) in [6.07, 6.45) is 5.97. The number of nitrogens with one attached hydrogen (secondary N) is 1. The molecule has 1 atom stereocenters. The topological polar surface area (TPSA) is 55.1 Å². The molecule has 1 aromatic carbocycles. The van der Waals surface area contributed by atoms with Gasteiger partial charge in [0.05, 0.1) is 17.1 Å². The van der Waals surface area contributed by atoms with E-state index in [2.05, 4.69) is 44.9 Å². The number of nitrogens with zero attached hydrogens (tertiary/aromatic N) is 4. The average molecular weight is 404 g/mol. The number of rotatable bonds is 7. The summed E-state index contributed by atoms with van der Waals surface area (Å²) in [5, 5.41) is 3.24. The van der Waals surface area contributed by atoms with E-state index in [1.54, 1.807) is 18.3 Å². The van der Waals surface area contributed by atoms with Crippen molar-refractivity contribution in [3.05, 3.63) is 72.1 Å². The van der Waals surface area contributed by atoms with Crippen LogP contribution in [-0.2, 0) is 0 Å². The zero-order valence-electron chi connectivity index (χ0n) is 17.6. The number of hydrogen-bond acceptors (Lipinski definition) is 4. The summed E-state index contributed by atoms with van der Waals surface area (Å²) in [6.45, 7) is 5.07. The lowest BCUT2D eigenvalue weighted by molar-refractivity contribution is 0.581. The second kappa shape index (κ2) is 8.71. The molecule has 154 valence electrons. The number of imidazole rings is 1. The Morgan fingerprint density at radius 2 is 1.90 bits per heavy atom. The first-order valence-corrected chi connectivity index (χ1v) is 10.3. The maximum atomic E-state index is 13.5. The van der Waals surface area contributed by atoms with Gasteiger partial charge in [-0.05, 0) is 87.3 Å². The van der Waals surface area contributed by atoms with Crippen molar-refractivity contribution in [3.63, 3.8) is 0 Å². The van der Waals surface area contributed by atoms with Crippen molar-refractivity contribution < 1.29 is 4.39 Å². The molecule has 0 saturated carbocycles. The van der Waals surface area contributed by atoms with Crippen molar-refractivity contribution in [1.29, 1.82) is 0 Å². The van der Waals surface area contributed by atoms with Crippen molar-refractivity contribution in [3.8, 4) is 22.6 Å². The number of halogens is 1. The molecule has 0 aliphatic carbocycles. The van der Waals surface area contributed by atoms with Gasteiger partial charge in [0.2, 0.25) is 0 Å². The van der Waals surface area contributed by atoms with Gasteiger partial charge >= 0.3 is 0 Å². The summed E-state index contributed by atoms with van der Waals surface area (Å²) in [5.41, 5.74) is 5.47. The van der Waals surface area contributed by atoms with Gasteiger partial charge in [0.1, 0.15) is 17.3 Å². The number of aromatic nitrogens is 4. The van der Waals surface area contributed by atoms with E-state index in [1.165, 1.54) is 17.7 Å². The van der Waals surface area contributed by atoms with Crippen LogP contribution < -0.4 is 5.32 Å². The number of benzene rings is 1. The zero-order chi connectivity index (χ0) is 21.1. The lowest BCUT2D eigenvalue weighted by Crippen LogP contribution is -2.12. The predicted molar refractivity (Wildman–Crippen MR) is 118 cm³/mol. The maximum absolute atomic E-state index is 13.5. The van der Waals surface area contributed by atoms with Crippen LogP contribution in [0.4, 0.5) is 4.39 Å². The standard InChI is InChI=1S/C24H26FN5/c1-4-17(9-12-26-3)19-11-14-30-22(15-19)29-23(18-5-7-20(25)8-6-18)24(30)21-10-13-27-16(2)28-21/h5-8,10-11,13-15,17,26H,4,9,12H2,1-3H3. The van der Waals surface area contributed by atoms with E-state index in [0.717, 1.165) is 47.7 Å². The SMILES string of the molecule is CCC(CCNC)c1ccn2c(-c3ccnc(C)n3)c(-c3ccc(F)cc3)nc2c1. The van der Waals surface area contributed by atoms with Crippen LogP contribution in [0.3, 0.4) is 0 Å². The number of hydrogen-bond donors (Lipinski definition) is 1. The van der Waals surface area contributed by atoms with Crippen molar-refractivity contribution in [2.75, 3.05) is 13.6 Å². The van der Waals surface area contributed by atoms with E-state index in [4.69, 9.17) is 4.98 Å². The van der Waals surface area contributed by atoms with Gasteiger partial charge in [0.15, 0.2) is 0 Å². The third-order valence-corrected chi connectivity index (χ3v) is 5.49. The Morgan fingerprint density at radius 1 is 1.10 bits per heavy atom. The zero-order valence-corrected chi connectivity index (χ0v) is 17.6. The first kappa shape index (κ1) is 20.2. The first-order valence-electron chi connectivity index (χ1n) is 10.3. The van der Waals surface area contributed by atoms with Crippen LogP contribution in [-0.4, -0.2) is 32.9 Å². The molecule has 1 N–H and O–H groups in total. The molecule has 30 heavy (non-hydrogen) atoms. The van der Waals surface area contributed by atoms with E-state index in [9.17, 15) is 4.39 Å². The Balaban J connectivity index is 1.89. The molecule has 5 nitrogen and oxygen atoms in total. The summed E-state index contributed by atoms with van der Waals surface area (Å²) in [4.78, 5) is 13.8. The van der Waals surface area contributed by atoms with E-state index < -0.39 is 0 Å². The van der Waals surface area contributed by atoms with Crippen LogP contribution in [0.2, 0.25) is 0 Å². The van der Waals surface area contributed by atoms with E-state index >= 15 is 0 Å². The molecule has 0 radical (unpaired) electrons. The van der Waals surface area contributed by atoms with Crippen LogP contribution in [0.5, 0.6) is 0 Å². The van der Waals surface area contributed by atoms with E-state index in [0.29, 0.717) is 11.7 Å². The Bertz CT molecular complexity index is 1150. The van der Waals surface area contributed by atoms with Gasteiger partial charge in [-0.1, -0.05) is 6.92 Å². The van der Waals surface area contributed by atoms with Gasteiger partial charge in [-0.15, -0.1) is 0 Å². The highest BCUT2D eigenvalue weighted by Gasteiger charge is 2.19. The van der Waals surface area contributed by atoms with E-state index in [-0.39, 0.29) is 5.82 Å². The Hall–Kier alpha value is -3.12. The maximum Gasteiger partial charge on any atom is 0.138 e. The Morgan fingerprint density at radius 3 is 2.60 bits per heavy atom. The van der Waals surface area contributed by atoms with Crippen LogP contribution in [0.25, 0.3) is 28.3 Å². The first-order chi connectivity index (χ1) is 14.6. The van der Waals surface area contributed by atoms with Gasteiger partial charge in [-0.2, -0.15) is 0 Å². The third kappa shape index (κ3) is 3.96. The second-order valence-electron chi connectivity index (χ2n) is 7.49. The molecule has 0 saturated heterocycles. The Labute approximate surface area is 176 Å². The minimum absolute atomic E-state index is 0.264. The van der Waals surface area contributed by atoms with Crippen LogP contribution in [0.1, 0.15) is 37.1 Å². The largest absolute Gasteiger partial charge is 0.320 e. The predicted octanol–water partition coefficient (Wildman–Crippen LogP) is 5.01. The van der Waals surface area contributed by atoms with Crippen LogP contribution >= 0.6 is 0 Å². The molecular weight excluding hydrogens is 377 g/mol. The molecule has 0 amide bonds. The third-order valence-electron chi connectivity index (χ3n) is 5.49. The smallest absolute Gasteiger partial charge is 0.138 e. The van der Waals surface area contributed by atoms with Crippen molar-refractivity contribution in [1.82, 2.24) is 24.7 Å². The van der Waals surface area contributed by atoms with Gasteiger partial charge in [-0.25, -0.2) is 19.3 Å². The highest BCUT2D eigenvalue weighted by atomic mass is 19.1. The minimum Gasteiger partial charge on any atom is -0.320 e. The molecule has 0 aliphatic heterocycles. The second-order valence-corrected chi connectivity index (χ2v) is 7.49. The number of pyridine rings is 1. The highest BCUT2D eigenvalue weighted by molar-refractivity contribution is 5.80. The monoisotopic (exact) mass is 403 g/mol. The molecule has 0 bridgehead atoms. The summed E-state index contributed by atoms with van der Waals surface area (Å²) in [6, 6.07) is 12.7. The summed E-state index contributed by atoms with van der Waals surface area (Å²) in [5.74, 6) is 0.903.